The minimum absolute atomic E-state index is 0. The Bertz CT molecular complexity index is 1050. The van der Waals surface area contributed by atoms with E-state index in [2.05, 4.69) is 0 Å². The molecular formula is C28H37NO8S. The van der Waals surface area contributed by atoms with Crippen molar-refractivity contribution in [1.29, 1.82) is 0 Å². The number of imide groups is 1. The van der Waals surface area contributed by atoms with Gasteiger partial charge in [0.05, 0.1) is 0 Å². The van der Waals surface area contributed by atoms with Gasteiger partial charge in [0.25, 0.3) is 0 Å². The van der Waals surface area contributed by atoms with Crippen LogP contribution < -0.4 is 0 Å². The minimum Gasteiger partial charge on any atom is -0.458 e. The van der Waals surface area contributed by atoms with Gasteiger partial charge in [-0.15, -0.1) is 0 Å². The molecule has 0 aliphatic heterocycles. The lowest BCUT2D eigenvalue weighted by Gasteiger charge is -2.36. The summed E-state index contributed by atoms with van der Waals surface area (Å²) in [6, 6.07) is 15.7. The molecule has 0 aromatic heterocycles. The Hall–Kier alpha value is -3.53. The minimum atomic E-state index is -1.70. The number of hydrogen-bond acceptors (Lipinski definition) is 8. The number of hydrogen-bond donors (Lipinski definition) is 0. The van der Waals surface area contributed by atoms with Crippen LogP contribution in [0.3, 0.4) is 0 Å². The maximum atomic E-state index is 13.4. The number of benzene rings is 2. The van der Waals surface area contributed by atoms with Crippen LogP contribution in [0.4, 0.5) is 9.59 Å². The highest BCUT2D eigenvalue weighted by atomic mass is 32.1. The van der Waals surface area contributed by atoms with Gasteiger partial charge in [-0.25, -0.2) is 19.3 Å². The topological polar surface area (TPSA) is 108 Å². The number of ether oxygens (including phenoxy) is 4. The molecule has 2 amide bonds. The van der Waals surface area contributed by atoms with Crippen LogP contribution in [-0.4, -0.2) is 46.3 Å². The van der Waals surface area contributed by atoms with E-state index in [0.717, 1.165) is 6.92 Å². The van der Waals surface area contributed by atoms with Gasteiger partial charge in [0.15, 0.2) is 0 Å². The van der Waals surface area contributed by atoms with E-state index < -0.39 is 47.5 Å². The van der Waals surface area contributed by atoms with Crippen LogP contribution in [0.15, 0.2) is 60.7 Å². The molecule has 10 heteroatoms. The van der Waals surface area contributed by atoms with Crippen molar-refractivity contribution in [2.24, 2.45) is 0 Å². The summed E-state index contributed by atoms with van der Waals surface area (Å²) in [5.41, 5.74) is -0.945. The van der Waals surface area contributed by atoms with Gasteiger partial charge in [-0.1, -0.05) is 60.7 Å². The van der Waals surface area contributed by atoms with E-state index in [1.165, 1.54) is 0 Å². The lowest BCUT2D eigenvalue weighted by Crippen LogP contribution is -2.51. The molecule has 0 N–H and O–H groups in total. The molecule has 2 aromatic carbocycles. The second-order valence-corrected chi connectivity index (χ2v) is 10.3. The molecule has 2 rings (SSSR count). The monoisotopic (exact) mass is 547 g/mol. The summed E-state index contributed by atoms with van der Waals surface area (Å²) >= 11 is 0. The number of carbonyl (C=O) groups is 4. The van der Waals surface area contributed by atoms with Gasteiger partial charge in [0.1, 0.15) is 23.9 Å². The van der Waals surface area contributed by atoms with Crippen molar-refractivity contribution in [3.05, 3.63) is 71.8 Å². The first-order valence-corrected chi connectivity index (χ1v) is 11.9. The summed E-state index contributed by atoms with van der Waals surface area (Å²) in [6.45, 7) is 10.8. The lowest BCUT2D eigenvalue weighted by atomic mass is 9.99. The molecule has 0 saturated carbocycles. The fraction of sp³-hybridized carbons (Fsp3) is 0.429. The molecule has 0 aliphatic carbocycles. The summed E-state index contributed by atoms with van der Waals surface area (Å²) < 4.78 is 21.8. The molecule has 0 unspecified atom stereocenters. The summed E-state index contributed by atoms with van der Waals surface area (Å²) in [7, 11) is 0. The number of nitrogens with zero attached hydrogens (tertiary/aromatic N) is 1. The largest absolute Gasteiger partial charge is 0.458 e. The predicted octanol–water partition coefficient (Wildman–Crippen LogP) is 5.69. The van der Waals surface area contributed by atoms with Crippen LogP contribution in [0.1, 0.15) is 65.6 Å². The average Bonchev–Trinajstić information content (AvgIpc) is 2.78. The van der Waals surface area contributed by atoms with Crippen LogP contribution in [-0.2, 0) is 35.1 Å². The van der Waals surface area contributed by atoms with Gasteiger partial charge in [-0.3, -0.25) is 4.79 Å². The maximum Gasteiger partial charge on any atom is 0.420 e. The van der Waals surface area contributed by atoms with E-state index in [-0.39, 0.29) is 20.1 Å². The molecule has 0 saturated heterocycles. The summed E-state index contributed by atoms with van der Waals surface area (Å²) in [4.78, 5) is 52.9. The zero-order valence-electron chi connectivity index (χ0n) is 22.8. The van der Waals surface area contributed by atoms with E-state index in [1.54, 1.807) is 96.1 Å². The zero-order chi connectivity index (χ0) is 27.8. The SMILES string of the molecule is CC(=O)O[C@@H](C(=O)OCc1ccccc1)[C@@H](c1ccccc1)N(C(=O)OC(C)(C)C)C(=O)OC(C)(C)C.S. The molecule has 9 nitrogen and oxygen atoms in total. The smallest absolute Gasteiger partial charge is 0.420 e. The van der Waals surface area contributed by atoms with Gasteiger partial charge < -0.3 is 18.9 Å². The Balaban J connectivity index is 0.00000722. The third-order valence-corrected chi connectivity index (χ3v) is 4.64. The van der Waals surface area contributed by atoms with Crippen molar-refractivity contribution in [1.82, 2.24) is 4.90 Å². The van der Waals surface area contributed by atoms with E-state index in [9.17, 15) is 19.2 Å². The van der Waals surface area contributed by atoms with Crippen LogP contribution in [0.2, 0.25) is 0 Å². The molecule has 2 aromatic rings. The van der Waals surface area contributed by atoms with Crippen molar-refractivity contribution in [2.75, 3.05) is 0 Å². The van der Waals surface area contributed by atoms with Gasteiger partial charge in [0, 0.05) is 6.92 Å². The number of rotatable bonds is 7. The first kappa shape index (κ1) is 32.5. The van der Waals surface area contributed by atoms with Crippen LogP contribution in [0.25, 0.3) is 0 Å². The molecule has 0 radical (unpaired) electrons. The molecule has 0 bridgehead atoms. The third-order valence-electron chi connectivity index (χ3n) is 4.64. The van der Waals surface area contributed by atoms with Crippen molar-refractivity contribution < 1.29 is 38.1 Å². The van der Waals surface area contributed by atoms with E-state index in [1.807, 2.05) is 6.07 Å². The van der Waals surface area contributed by atoms with Crippen molar-refractivity contribution in [3.8, 4) is 0 Å². The van der Waals surface area contributed by atoms with E-state index in [0.29, 0.717) is 16.0 Å². The third kappa shape index (κ3) is 10.5. The zero-order valence-corrected chi connectivity index (χ0v) is 23.8. The highest BCUT2D eigenvalue weighted by Crippen LogP contribution is 2.31. The first-order valence-electron chi connectivity index (χ1n) is 11.9. The van der Waals surface area contributed by atoms with Crippen molar-refractivity contribution in [3.63, 3.8) is 0 Å². The molecule has 38 heavy (non-hydrogen) atoms. The molecule has 2 atom stereocenters. The molecule has 0 spiro atoms. The average molecular weight is 548 g/mol. The number of esters is 2. The van der Waals surface area contributed by atoms with E-state index in [4.69, 9.17) is 18.9 Å². The fourth-order valence-electron chi connectivity index (χ4n) is 3.26. The molecule has 0 fully saturated rings. The Kier molecular flexibility index (Phi) is 11.8. The van der Waals surface area contributed by atoms with E-state index >= 15 is 0 Å². The highest BCUT2D eigenvalue weighted by molar-refractivity contribution is 7.59. The van der Waals surface area contributed by atoms with Gasteiger partial charge in [-0.2, -0.15) is 13.5 Å². The summed E-state index contributed by atoms with van der Waals surface area (Å²) in [5, 5.41) is 0. The number of carbonyl (C=O) groups excluding carboxylic acids is 4. The van der Waals surface area contributed by atoms with Gasteiger partial charge in [-0.05, 0) is 52.7 Å². The van der Waals surface area contributed by atoms with Gasteiger partial charge in [0.2, 0.25) is 6.10 Å². The Morgan fingerprint density at radius 1 is 0.763 bits per heavy atom. The molecule has 208 valence electrons. The normalized spacial score (nSPS) is 12.7. The molecule has 0 heterocycles. The lowest BCUT2D eigenvalue weighted by molar-refractivity contribution is -0.172. The fourth-order valence-corrected chi connectivity index (χ4v) is 3.26. The van der Waals surface area contributed by atoms with Crippen LogP contribution in [0, 0.1) is 0 Å². The Morgan fingerprint density at radius 3 is 1.63 bits per heavy atom. The second-order valence-electron chi connectivity index (χ2n) is 10.3. The quantitative estimate of drug-likeness (QED) is 0.321. The Labute approximate surface area is 230 Å². The summed E-state index contributed by atoms with van der Waals surface area (Å²) in [6.07, 6.45) is -3.86. The van der Waals surface area contributed by atoms with Crippen LogP contribution in [0.5, 0.6) is 0 Å². The standard InChI is InChI=1S/C28H35NO8.H2S/c1-19(30)35-23(24(31)34-18-20-14-10-8-11-15-20)22(21-16-12-9-13-17-21)29(25(32)36-27(2,3)4)26(33)37-28(5,6)7;/h8-17,22-23H,18H2,1-7H3;1H2/t22-,23-;/m1./s1. The molecule has 0 aliphatic rings. The summed E-state index contributed by atoms with van der Waals surface area (Å²) in [5.74, 6) is -1.76. The van der Waals surface area contributed by atoms with Crippen molar-refractivity contribution in [2.45, 2.75) is 78.4 Å². The van der Waals surface area contributed by atoms with Crippen LogP contribution >= 0.6 is 13.5 Å². The Morgan fingerprint density at radius 2 is 1.21 bits per heavy atom. The number of amides is 2. The second kappa shape index (κ2) is 13.9. The highest BCUT2D eigenvalue weighted by Gasteiger charge is 2.46. The van der Waals surface area contributed by atoms with Crippen molar-refractivity contribution >= 4 is 37.6 Å². The maximum absolute atomic E-state index is 13.4. The first-order chi connectivity index (χ1) is 17.2. The predicted molar refractivity (Wildman–Crippen MR) is 146 cm³/mol. The van der Waals surface area contributed by atoms with Gasteiger partial charge >= 0.3 is 24.1 Å². The molecular weight excluding hydrogens is 510 g/mol.